The number of benzene rings is 1. The number of H-pyrrole nitrogens is 1. The molecule has 1 aliphatic heterocycles. The smallest absolute Gasteiger partial charge is 0.179 e. The molecule has 0 fully saturated rings. The first-order valence-corrected chi connectivity index (χ1v) is 6.59. The number of hydrogen-bond donors (Lipinski definition) is 1. The van der Waals surface area contributed by atoms with Gasteiger partial charge in [0.2, 0.25) is 0 Å². The molecule has 0 saturated heterocycles. The molecule has 82 valence electrons. The number of aryl methyl sites for hydroxylation is 1. The molecule has 0 amide bonds. The molecule has 4 nitrogen and oxygen atoms in total. The topological polar surface area (TPSA) is 67.0 Å². The molecule has 0 saturated carbocycles. The van der Waals surface area contributed by atoms with Crippen LogP contribution in [0.3, 0.4) is 0 Å². The van der Waals surface area contributed by atoms with Crippen LogP contribution in [0.1, 0.15) is 15.9 Å². The summed E-state index contributed by atoms with van der Waals surface area (Å²) in [5.74, 6) is 0.164. The molecule has 5 heteroatoms. The van der Waals surface area contributed by atoms with Crippen molar-refractivity contribution in [3.8, 4) is 0 Å². The van der Waals surface area contributed by atoms with Crippen molar-refractivity contribution in [2.24, 2.45) is 0 Å². The fourth-order valence-electron chi connectivity index (χ4n) is 2.25. The molecule has 1 aromatic heterocycles. The van der Waals surface area contributed by atoms with Crippen LogP contribution in [-0.2, 0) is 16.3 Å². The normalized spacial score (nSPS) is 17.5. The molecule has 0 bridgehead atoms. The third-order valence-electron chi connectivity index (χ3n) is 3.04. The van der Waals surface area contributed by atoms with E-state index in [0.717, 1.165) is 22.8 Å². The summed E-state index contributed by atoms with van der Waals surface area (Å²) in [6, 6.07) is 3.29. The number of rotatable bonds is 1. The van der Waals surface area contributed by atoms with Crippen LogP contribution in [0.25, 0.3) is 10.9 Å². The number of nitrogens with one attached hydrogen (secondary N) is 1. The molecule has 0 spiro atoms. The van der Waals surface area contributed by atoms with E-state index < -0.39 is 9.84 Å². The Morgan fingerprint density at radius 2 is 2.12 bits per heavy atom. The van der Waals surface area contributed by atoms with Gasteiger partial charge in [0.25, 0.3) is 0 Å². The van der Waals surface area contributed by atoms with Gasteiger partial charge in [0, 0.05) is 17.1 Å². The highest BCUT2D eigenvalue weighted by atomic mass is 32.2. The Morgan fingerprint density at radius 3 is 2.88 bits per heavy atom. The van der Waals surface area contributed by atoms with Crippen LogP contribution in [-0.4, -0.2) is 25.4 Å². The van der Waals surface area contributed by atoms with Crippen molar-refractivity contribution in [3.63, 3.8) is 0 Å². The lowest BCUT2D eigenvalue weighted by molar-refractivity contribution is 0.112. The SMILES string of the molecule is O=Cc1c[nH]c2c3c(ccc12)S(=O)(=O)CC3. The van der Waals surface area contributed by atoms with E-state index in [1.54, 1.807) is 18.3 Å². The Bertz CT molecular complexity index is 697. The van der Waals surface area contributed by atoms with Crippen molar-refractivity contribution in [3.05, 3.63) is 29.5 Å². The predicted octanol–water partition coefficient (Wildman–Crippen LogP) is 1.31. The maximum Gasteiger partial charge on any atom is 0.179 e. The van der Waals surface area contributed by atoms with Gasteiger partial charge in [-0.25, -0.2) is 8.42 Å². The first-order chi connectivity index (χ1) is 7.63. The third-order valence-corrected chi connectivity index (χ3v) is 4.83. The van der Waals surface area contributed by atoms with Gasteiger partial charge in [-0.2, -0.15) is 0 Å². The first-order valence-electron chi connectivity index (χ1n) is 4.94. The zero-order valence-corrected chi connectivity index (χ0v) is 9.17. The summed E-state index contributed by atoms with van der Waals surface area (Å²) in [5.41, 5.74) is 2.16. The molecule has 0 atom stereocenters. The number of carbonyl (C=O) groups excluding carboxylic acids is 1. The lowest BCUT2D eigenvalue weighted by Crippen LogP contribution is -1.98. The van der Waals surface area contributed by atoms with E-state index in [4.69, 9.17) is 0 Å². The van der Waals surface area contributed by atoms with Gasteiger partial charge in [0.05, 0.1) is 16.2 Å². The van der Waals surface area contributed by atoms with Crippen LogP contribution in [0.5, 0.6) is 0 Å². The second-order valence-electron chi connectivity index (χ2n) is 3.90. The quantitative estimate of drug-likeness (QED) is 0.758. The van der Waals surface area contributed by atoms with E-state index in [1.807, 2.05) is 0 Å². The molecule has 2 heterocycles. The number of sulfone groups is 1. The number of aromatic amines is 1. The summed E-state index contributed by atoms with van der Waals surface area (Å²) in [5, 5.41) is 0.797. The lowest BCUT2D eigenvalue weighted by atomic mass is 10.1. The zero-order valence-electron chi connectivity index (χ0n) is 8.36. The maximum atomic E-state index is 11.7. The van der Waals surface area contributed by atoms with Gasteiger partial charge in [0.1, 0.15) is 0 Å². The Balaban J connectivity index is 2.44. The second-order valence-corrected chi connectivity index (χ2v) is 5.97. The highest BCUT2D eigenvalue weighted by molar-refractivity contribution is 7.91. The lowest BCUT2D eigenvalue weighted by Gasteiger charge is -1.99. The molecule has 1 aliphatic rings. The van der Waals surface area contributed by atoms with Crippen LogP contribution < -0.4 is 0 Å². The Morgan fingerprint density at radius 1 is 1.31 bits per heavy atom. The molecule has 1 N–H and O–H groups in total. The average molecular weight is 235 g/mol. The summed E-state index contributed by atoms with van der Waals surface area (Å²) < 4.78 is 23.4. The Kier molecular flexibility index (Phi) is 1.77. The minimum Gasteiger partial charge on any atom is -0.360 e. The maximum absolute atomic E-state index is 11.7. The van der Waals surface area contributed by atoms with Gasteiger partial charge in [-0.05, 0) is 18.1 Å². The van der Waals surface area contributed by atoms with E-state index in [0.29, 0.717) is 16.9 Å². The molecule has 0 unspecified atom stereocenters. The summed E-state index contributed by atoms with van der Waals surface area (Å²) in [7, 11) is -3.10. The number of carbonyl (C=O) groups is 1. The third kappa shape index (κ3) is 1.09. The van der Waals surface area contributed by atoms with E-state index in [-0.39, 0.29) is 5.75 Å². The van der Waals surface area contributed by atoms with Crippen molar-refractivity contribution in [2.45, 2.75) is 11.3 Å². The summed E-state index contributed by atoms with van der Waals surface area (Å²) in [6.45, 7) is 0. The highest BCUT2D eigenvalue weighted by Gasteiger charge is 2.28. The van der Waals surface area contributed by atoms with Crippen LogP contribution in [0.15, 0.2) is 23.2 Å². The van der Waals surface area contributed by atoms with Crippen molar-refractivity contribution in [1.29, 1.82) is 0 Å². The van der Waals surface area contributed by atoms with Gasteiger partial charge in [0.15, 0.2) is 16.1 Å². The number of aromatic nitrogens is 1. The van der Waals surface area contributed by atoms with E-state index in [2.05, 4.69) is 4.98 Å². The molecule has 16 heavy (non-hydrogen) atoms. The van der Waals surface area contributed by atoms with Crippen molar-refractivity contribution < 1.29 is 13.2 Å². The van der Waals surface area contributed by atoms with Gasteiger partial charge in [-0.3, -0.25) is 4.79 Å². The Hall–Kier alpha value is -1.62. The van der Waals surface area contributed by atoms with Crippen molar-refractivity contribution in [1.82, 2.24) is 4.98 Å². The standard InChI is InChI=1S/C11H9NO3S/c13-6-7-5-12-11-8(7)1-2-10-9(11)3-4-16(10,14)15/h1-2,5-6,12H,3-4H2. The molecule has 3 rings (SSSR count). The molecule has 0 radical (unpaired) electrons. The van der Waals surface area contributed by atoms with Crippen LogP contribution in [0.2, 0.25) is 0 Å². The fraction of sp³-hybridized carbons (Fsp3) is 0.182. The number of hydrogen-bond acceptors (Lipinski definition) is 3. The monoisotopic (exact) mass is 235 g/mol. The minimum absolute atomic E-state index is 0.164. The summed E-state index contributed by atoms with van der Waals surface area (Å²) in [6.07, 6.45) is 2.91. The van der Waals surface area contributed by atoms with Crippen LogP contribution in [0, 0.1) is 0 Å². The molecule has 2 aromatic rings. The summed E-state index contributed by atoms with van der Waals surface area (Å²) in [4.78, 5) is 14.2. The molecular formula is C11H9NO3S. The van der Waals surface area contributed by atoms with E-state index >= 15 is 0 Å². The van der Waals surface area contributed by atoms with Gasteiger partial charge >= 0.3 is 0 Å². The van der Waals surface area contributed by atoms with Gasteiger partial charge < -0.3 is 4.98 Å². The second kappa shape index (κ2) is 2.95. The number of fused-ring (bicyclic) bond motifs is 3. The van der Waals surface area contributed by atoms with Gasteiger partial charge in [-0.15, -0.1) is 0 Å². The molecule has 1 aromatic carbocycles. The van der Waals surface area contributed by atoms with Gasteiger partial charge in [-0.1, -0.05) is 6.07 Å². The molecular weight excluding hydrogens is 226 g/mol. The van der Waals surface area contributed by atoms with Crippen molar-refractivity contribution in [2.75, 3.05) is 5.75 Å². The van der Waals surface area contributed by atoms with E-state index in [9.17, 15) is 13.2 Å². The summed E-state index contributed by atoms with van der Waals surface area (Å²) >= 11 is 0. The Labute approximate surface area is 92.2 Å². The highest BCUT2D eigenvalue weighted by Crippen LogP contribution is 2.32. The minimum atomic E-state index is -3.10. The fourth-order valence-corrected chi connectivity index (χ4v) is 3.79. The predicted molar refractivity (Wildman–Crippen MR) is 59.4 cm³/mol. The number of aldehydes is 1. The largest absolute Gasteiger partial charge is 0.360 e. The van der Waals surface area contributed by atoms with Crippen molar-refractivity contribution >= 4 is 27.0 Å². The van der Waals surface area contributed by atoms with Crippen LogP contribution in [0.4, 0.5) is 0 Å². The molecule has 0 aliphatic carbocycles. The zero-order chi connectivity index (χ0) is 11.3. The van der Waals surface area contributed by atoms with Crippen LogP contribution >= 0.6 is 0 Å². The van der Waals surface area contributed by atoms with E-state index in [1.165, 1.54) is 0 Å². The average Bonchev–Trinajstić information content (AvgIpc) is 2.79. The first kappa shape index (κ1) is 9.59.